The van der Waals surface area contributed by atoms with Crippen LogP contribution in [0.25, 0.3) is 0 Å². The molecule has 0 saturated heterocycles. The van der Waals surface area contributed by atoms with Gasteiger partial charge >= 0.3 is 12.0 Å². The van der Waals surface area contributed by atoms with E-state index < -0.39 is 24.1 Å². The normalized spacial score (nSPS) is 13.5. The molecule has 0 aliphatic heterocycles. The highest BCUT2D eigenvalue weighted by molar-refractivity contribution is 6.30. The number of pyridine rings is 1. The fraction of sp³-hybridized carbons (Fsp3) is 0.300. The molecule has 2 amide bonds. The Morgan fingerprint density at radius 1 is 1.50 bits per heavy atom. The Bertz CT molecular complexity index is 447. The molecule has 1 aromatic rings. The number of aliphatic carboxylic acids is 1. The number of anilines is 1. The number of rotatable bonds is 4. The third-order valence-corrected chi connectivity index (χ3v) is 2.25. The standard InChI is InChI=1S/C10H12ClN3O4/c1-10(18,8(15)16)5-13-9(17)14-7-3-2-6(11)4-12-7/h2-4,18H,5H2,1H3,(H,15,16)(H2,12,13,14,17). The monoisotopic (exact) mass is 273 g/mol. The van der Waals surface area contributed by atoms with Crippen LogP contribution in [0, 0.1) is 0 Å². The molecule has 1 aromatic heterocycles. The summed E-state index contributed by atoms with van der Waals surface area (Å²) in [5, 5.41) is 23.0. The van der Waals surface area contributed by atoms with Gasteiger partial charge in [-0.25, -0.2) is 14.6 Å². The third kappa shape index (κ3) is 4.19. The molecule has 0 bridgehead atoms. The van der Waals surface area contributed by atoms with E-state index in [0.717, 1.165) is 6.92 Å². The first kappa shape index (κ1) is 14.2. The van der Waals surface area contributed by atoms with Gasteiger partial charge in [0.25, 0.3) is 0 Å². The molecule has 8 heteroatoms. The molecule has 1 atom stereocenters. The lowest BCUT2D eigenvalue weighted by molar-refractivity contribution is -0.155. The van der Waals surface area contributed by atoms with Gasteiger partial charge in [-0.2, -0.15) is 0 Å². The lowest BCUT2D eigenvalue weighted by atomic mass is 10.1. The first-order chi connectivity index (χ1) is 8.31. The average molecular weight is 274 g/mol. The van der Waals surface area contributed by atoms with E-state index in [4.69, 9.17) is 16.7 Å². The zero-order chi connectivity index (χ0) is 13.8. The summed E-state index contributed by atoms with van der Waals surface area (Å²) in [4.78, 5) is 25.8. The van der Waals surface area contributed by atoms with E-state index in [-0.39, 0.29) is 5.82 Å². The molecule has 1 heterocycles. The molecule has 0 aliphatic carbocycles. The molecular weight excluding hydrogens is 262 g/mol. The van der Waals surface area contributed by atoms with Crippen LogP contribution in [0.15, 0.2) is 18.3 Å². The summed E-state index contributed by atoms with van der Waals surface area (Å²) in [5.74, 6) is -1.17. The summed E-state index contributed by atoms with van der Waals surface area (Å²) in [6, 6.07) is 2.35. The van der Waals surface area contributed by atoms with E-state index in [2.05, 4.69) is 15.6 Å². The molecule has 18 heavy (non-hydrogen) atoms. The van der Waals surface area contributed by atoms with Crippen LogP contribution < -0.4 is 10.6 Å². The molecule has 0 aliphatic rings. The van der Waals surface area contributed by atoms with Crippen molar-refractivity contribution in [1.29, 1.82) is 0 Å². The van der Waals surface area contributed by atoms with Crippen LogP contribution in [-0.2, 0) is 4.79 Å². The average Bonchev–Trinajstić information content (AvgIpc) is 2.29. The second-order valence-electron chi connectivity index (χ2n) is 3.75. The quantitative estimate of drug-likeness (QED) is 0.645. The third-order valence-electron chi connectivity index (χ3n) is 2.02. The summed E-state index contributed by atoms with van der Waals surface area (Å²) in [5.41, 5.74) is -2.02. The summed E-state index contributed by atoms with van der Waals surface area (Å²) < 4.78 is 0. The van der Waals surface area contributed by atoms with Gasteiger partial charge in [-0.3, -0.25) is 5.32 Å². The van der Waals surface area contributed by atoms with Crippen molar-refractivity contribution in [2.45, 2.75) is 12.5 Å². The maximum Gasteiger partial charge on any atom is 0.337 e. The Labute approximate surface area is 108 Å². The number of urea groups is 1. The van der Waals surface area contributed by atoms with Crippen molar-refractivity contribution in [3.05, 3.63) is 23.4 Å². The summed E-state index contributed by atoms with van der Waals surface area (Å²) in [6.07, 6.45) is 1.35. The van der Waals surface area contributed by atoms with Crippen molar-refractivity contribution in [1.82, 2.24) is 10.3 Å². The highest BCUT2D eigenvalue weighted by Gasteiger charge is 2.30. The second-order valence-corrected chi connectivity index (χ2v) is 4.18. The first-order valence-corrected chi connectivity index (χ1v) is 5.31. The molecule has 0 spiro atoms. The highest BCUT2D eigenvalue weighted by Crippen LogP contribution is 2.09. The molecule has 0 fully saturated rings. The van der Waals surface area contributed by atoms with Crippen LogP contribution in [0.3, 0.4) is 0 Å². The number of aliphatic hydroxyl groups is 1. The van der Waals surface area contributed by atoms with Gasteiger partial charge < -0.3 is 15.5 Å². The maximum absolute atomic E-state index is 11.4. The van der Waals surface area contributed by atoms with E-state index >= 15 is 0 Å². The number of carboxylic acids is 1. The van der Waals surface area contributed by atoms with Crippen LogP contribution in [0.4, 0.5) is 10.6 Å². The number of nitrogens with one attached hydrogen (secondary N) is 2. The van der Waals surface area contributed by atoms with Gasteiger partial charge in [0.15, 0.2) is 5.60 Å². The molecule has 7 nitrogen and oxygen atoms in total. The minimum absolute atomic E-state index is 0.256. The number of hydrogen-bond acceptors (Lipinski definition) is 4. The van der Waals surface area contributed by atoms with E-state index in [9.17, 15) is 14.7 Å². The number of halogens is 1. The number of carbonyl (C=O) groups is 2. The van der Waals surface area contributed by atoms with E-state index in [0.29, 0.717) is 5.02 Å². The lowest BCUT2D eigenvalue weighted by Gasteiger charge is -2.18. The van der Waals surface area contributed by atoms with E-state index in [1.54, 1.807) is 0 Å². The van der Waals surface area contributed by atoms with Crippen molar-refractivity contribution < 1.29 is 19.8 Å². The highest BCUT2D eigenvalue weighted by atomic mass is 35.5. The molecule has 1 unspecified atom stereocenters. The van der Waals surface area contributed by atoms with Gasteiger partial charge in [0.05, 0.1) is 11.6 Å². The number of aromatic nitrogens is 1. The van der Waals surface area contributed by atoms with Crippen molar-refractivity contribution >= 4 is 29.4 Å². The molecule has 1 rings (SSSR count). The lowest BCUT2D eigenvalue weighted by Crippen LogP contribution is -2.47. The Morgan fingerprint density at radius 3 is 2.67 bits per heavy atom. The van der Waals surface area contributed by atoms with Crippen LogP contribution in [-0.4, -0.2) is 39.3 Å². The van der Waals surface area contributed by atoms with Crippen LogP contribution in [0.2, 0.25) is 5.02 Å². The van der Waals surface area contributed by atoms with Gasteiger partial charge in [0.2, 0.25) is 0 Å². The fourth-order valence-corrected chi connectivity index (χ4v) is 1.05. The van der Waals surface area contributed by atoms with E-state index in [1.165, 1.54) is 18.3 Å². The van der Waals surface area contributed by atoms with E-state index in [1.807, 2.05) is 0 Å². The molecular formula is C10H12ClN3O4. The largest absolute Gasteiger partial charge is 0.479 e. The SMILES string of the molecule is CC(O)(CNC(=O)Nc1ccc(Cl)cn1)C(=O)O. The van der Waals surface area contributed by atoms with Gasteiger partial charge in [0.1, 0.15) is 5.82 Å². The minimum Gasteiger partial charge on any atom is -0.479 e. The molecule has 0 radical (unpaired) electrons. The Morgan fingerprint density at radius 2 is 2.17 bits per heavy atom. The molecule has 0 aromatic carbocycles. The molecule has 98 valence electrons. The van der Waals surface area contributed by atoms with Crippen molar-refractivity contribution in [3.63, 3.8) is 0 Å². The minimum atomic E-state index is -2.02. The summed E-state index contributed by atoms with van der Waals surface area (Å²) in [6.45, 7) is 0.651. The van der Waals surface area contributed by atoms with Gasteiger partial charge in [0, 0.05) is 6.20 Å². The number of amides is 2. The molecule has 4 N–H and O–H groups in total. The number of nitrogens with zero attached hydrogens (tertiary/aromatic N) is 1. The fourth-order valence-electron chi connectivity index (χ4n) is 0.938. The van der Waals surface area contributed by atoms with Crippen molar-refractivity contribution in [2.75, 3.05) is 11.9 Å². The number of hydrogen-bond donors (Lipinski definition) is 4. The van der Waals surface area contributed by atoms with Gasteiger partial charge in [-0.15, -0.1) is 0 Å². The second kappa shape index (κ2) is 5.65. The smallest absolute Gasteiger partial charge is 0.337 e. The van der Waals surface area contributed by atoms with Crippen LogP contribution in [0.1, 0.15) is 6.92 Å². The maximum atomic E-state index is 11.4. The van der Waals surface area contributed by atoms with Crippen molar-refractivity contribution in [2.24, 2.45) is 0 Å². The predicted octanol–water partition coefficient (Wildman–Crippen LogP) is 0.692. The Kier molecular flexibility index (Phi) is 4.46. The predicted molar refractivity (Wildman–Crippen MR) is 64.5 cm³/mol. The number of carbonyl (C=O) groups excluding carboxylic acids is 1. The summed E-state index contributed by atoms with van der Waals surface area (Å²) in [7, 11) is 0. The Balaban J connectivity index is 2.48. The topological polar surface area (TPSA) is 112 Å². The van der Waals surface area contributed by atoms with Gasteiger partial charge in [-0.05, 0) is 19.1 Å². The molecule has 0 saturated carbocycles. The summed E-state index contributed by atoms with van der Waals surface area (Å²) >= 11 is 5.61. The zero-order valence-corrected chi connectivity index (χ0v) is 10.2. The first-order valence-electron chi connectivity index (χ1n) is 4.93. The van der Waals surface area contributed by atoms with Crippen LogP contribution in [0.5, 0.6) is 0 Å². The Hall–Kier alpha value is -1.86. The van der Waals surface area contributed by atoms with Crippen molar-refractivity contribution in [3.8, 4) is 0 Å². The van der Waals surface area contributed by atoms with Crippen LogP contribution >= 0.6 is 11.6 Å². The van der Waals surface area contributed by atoms with Gasteiger partial charge in [-0.1, -0.05) is 11.6 Å². The number of carboxylic acid groups (broad SMARTS) is 1. The zero-order valence-electron chi connectivity index (χ0n) is 9.48.